The van der Waals surface area contributed by atoms with Crippen molar-refractivity contribution in [1.82, 2.24) is 4.90 Å². The van der Waals surface area contributed by atoms with Crippen LogP contribution in [0, 0.1) is 5.92 Å². The van der Waals surface area contributed by atoms with Gasteiger partial charge in [0, 0.05) is 25.7 Å². The van der Waals surface area contributed by atoms with E-state index in [1.807, 2.05) is 18.2 Å². The van der Waals surface area contributed by atoms with E-state index in [1.165, 1.54) is 11.2 Å². The fraction of sp³-hybridized carbons (Fsp3) is 0.316. The first-order valence-corrected chi connectivity index (χ1v) is 8.33. The van der Waals surface area contributed by atoms with Crippen molar-refractivity contribution in [3.05, 3.63) is 54.5 Å². The smallest absolute Gasteiger partial charge is 0.311 e. The van der Waals surface area contributed by atoms with Gasteiger partial charge < -0.3 is 19.0 Å². The van der Waals surface area contributed by atoms with Crippen LogP contribution in [0.2, 0.25) is 0 Å². The third kappa shape index (κ3) is 4.11. The average molecular weight is 356 g/mol. The number of amides is 2. The van der Waals surface area contributed by atoms with Gasteiger partial charge in [0.25, 0.3) is 5.91 Å². The third-order valence-corrected chi connectivity index (χ3v) is 4.33. The first-order chi connectivity index (χ1) is 12.5. The molecule has 0 unspecified atom stereocenters. The Bertz CT molecular complexity index is 772. The van der Waals surface area contributed by atoms with E-state index in [4.69, 9.17) is 9.15 Å². The summed E-state index contributed by atoms with van der Waals surface area (Å²) in [4.78, 5) is 39.4. The van der Waals surface area contributed by atoms with Gasteiger partial charge in [-0.25, -0.2) is 0 Å². The van der Waals surface area contributed by atoms with E-state index >= 15 is 0 Å². The molecule has 2 aromatic rings. The van der Waals surface area contributed by atoms with E-state index in [0.717, 1.165) is 0 Å². The fourth-order valence-electron chi connectivity index (χ4n) is 2.82. The molecule has 3 rings (SSSR count). The number of esters is 1. The molecule has 1 aromatic heterocycles. The summed E-state index contributed by atoms with van der Waals surface area (Å²) in [7, 11) is 1.62. The maximum atomic E-state index is 12.2. The van der Waals surface area contributed by atoms with Crippen molar-refractivity contribution in [2.75, 3.05) is 25.1 Å². The highest BCUT2D eigenvalue weighted by Crippen LogP contribution is 2.21. The second-order valence-corrected chi connectivity index (χ2v) is 6.15. The number of para-hydroxylation sites is 1. The number of hydrogen-bond acceptors (Lipinski definition) is 5. The topological polar surface area (TPSA) is 80.1 Å². The summed E-state index contributed by atoms with van der Waals surface area (Å²) in [5.41, 5.74) is 0.717. The Labute approximate surface area is 151 Å². The summed E-state index contributed by atoms with van der Waals surface area (Å²) in [6.45, 7) is 0.236. The minimum absolute atomic E-state index is 0.0856. The molecule has 0 bridgehead atoms. The van der Waals surface area contributed by atoms with Crippen LogP contribution in [0.1, 0.15) is 12.2 Å². The number of ether oxygens (including phenoxy) is 1. The standard InChI is InChI=1S/C19H20N2O5/c1-20(15-6-3-2-4-7-15)18(23)13-26-19(24)14-10-17(22)21(11-14)12-16-8-5-9-25-16/h2-9,14H,10-13H2,1H3/t14-/m1/s1. The van der Waals surface area contributed by atoms with E-state index in [0.29, 0.717) is 18.0 Å². The lowest BCUT2D eigenvalue weighted by Crippen LogP contribution is -2.32. The Kier molecular flexibility index (Phi) is 5.36. The van der Waals surface area contributed by atoms with Crippen molar-refractivity contribution in [2.24, 2.45) is 5.92 Å². The molecule has 136 valence electrons. The molecule has 1 aromatic carbocycles. The van der Waals surface area contributed by atoms with E-state index in [1.54, 1.807) is 36.2 Å². The zero-order valence-corrected chi connectivity index (χ0v) is 14.5. The Hall–Kier alpha value is -3.09. The molecule has 7 nitrogen and oxygen atoms in total. The number of nitrogens with zero attached hydrogens (tertiary/aromatic N) is 2. The second kappa shape index (κ2) is 7.86. The number of benzene rings is 1. The van der Waals surface area contributed by atoms with Crippen LogP contribution >= 0.6 is 0 Å². The lowest BCUT2D eigenvalue weighted by Gasteiger charge is -2.18. The van der Waals surface area contributed by atoms with Crippen LogP contribution in [0.15, 0.2) is 53.1 Å². The van der Waals surface area contributed by atoms with Gasteiger partial charge in [0.05, 0.1) is 18.7 Å². The summed E-state index contributed by atoms with van der Waals surface area (Å²) < 4.78 is 10.4. The predicted octanol–water partition coefficient (Wildman–Crippen LogP) is 1.83. The van der Waals surface area contributed by atoms with Gasteiger partial charge in [0.1, 0.15) is 5.76 Å². The second-order valence-electron chi connectivity index (χ2n) is 6.15. The lowest BCUT2D eigenvalue weighted by molar-refractivity contribution is -0.151. The number of carbonyl (C=O) groups is 3. The predicted molar refractivity (Wildman–Crippen MR) is 93.0 cm³/mol. The molecule has 0 radical (unpaired) electrons. The molecule has 26 heavy (non-hydrogen) atoms. The van der Waals surface area contributed by atoms with Gasteiger partial charge in [-0.2, -0.15) is 0 Å². The molecular weight excluding hydrogens is 336 g/mol. The maximum Gasteiger partial charge on any atom is 0.311 e. The first-order valence-electron chi connectivity index (χ1n) is 8.33. The van der Waals surface area contributed by atoms with E-state index < -0.39 is 11.9 Å². The Morgan fingerprint density at radius 2 is 2.00 bits per heavy atom. The number of likely N-dealkylation sites (N-methyl/N-ethyl adjacent to an activating group) is 1. The van der Waals surface area contributed by atoms with Crippen LogP contribution in [0.5, 0.6) is 0 Å². The highest BCUT2D eigenvalue weighted by Gasteiger charge is 2.36. The minimum Gasteiger partial charge on any atom is -0.467 e. The molecular formula is C19H20N2O5. The van der Waals surface area contributed by atoms with Gasteiger partial charge in [-0.3, -0.25) is 14.4 Å². The van der Waals surface area contributed by atoms with Crippen LogP contribution in [0.25, 0.3) is 0 Å². The highest BCUT2D eigenvalue weighted by molar-refractivity contribution is 5.95. The molecule has 1 aliphatic rings. The number of anilines is 1. The molecule has 1 saturated heterocycles. The minimum atomic E-state index is -0.563. The van der Waals surface area contributed by atoms with Crippen LogP contribution in [0.4, 0.5) is 5.69 Å². The van der Waals surface area contributed by atoms with Crippen LogP contribution in [0.3, 0.4) is 0 Å². The number of hydrogen-bond donors (Lipinski definition) is 0. The van der Waals surface area contributed by atoms with Gasteiger partial charge in [0.15, 0.2) is 6.61 Å². The molecule has 0 spiro atoms. The Balaban J connectivity index is 1.49. The average Bonchev–Trinajstić information content (AvgIpc) is 3.30. The van der Waals surface area contributed by atoms with Crippen molar-refractivity contribution in [1.29, 1.82) is 0 Å². The number of carbonyl (C=O) groups excluding carboxylic acids is 3. The summed E-state index contributed by atoms with van der Waals surface area (Å²) in [6.07, 6.45) is 1.62. The maximum absolute atomic E-state index is 12.2. The SMILES string of the molecule is CN(C(=O)COC(=O)[C@@H]1CC(=O)N(Cc2ccco2)C1)c1ccccc1. The lowest BCUT2D eigenvalue weighted by atomic mass is 10.1. The highest BCUT2D eigenvalue weighted by atomic mass is 16.5. The Morgan fingerprint density at radius 1 is 1.23 bits per heavy atom. The van der Waals surface area contributed by atoms with Gasteiger partial charge in [0.2, 0.25) is 5.91 Å². The molecule has 1 fully saturated rings. The van der Waals surface area contributed by atoms with Gasteiger partial charge in [-0.15, -0.1) is 0 Å². The summed E-state index contributed by atoms with van der Waals surface area (Å²) >= 11 is 0. The largest absolute Gasteiger partial charge is 0.467 e. The summed E-state index contributed by atoms with van der Waals surface area (Å²) in [6, 6.07) is 12.6. The quantitative estimate of drug-likeness (QED) is 0.738. The van der Waals surface area contributed by atoms with Gasteiger partial charge in [-0.05, 0) is 24.3 Å². The summed E-state index contributed by atoms with van der Waals surface area (Å²) in [5.74, 6) is -0.896. The van der Waals surface area contributed by atoms with Crippen molar-refractivity contribution in [2.45, 2.75) is 13.0 Å². The number of rotatable bonds is 6. The molecule has 1 atom stereocenters. The van der Waals surface area contributed by atoms with Crippen LogP contribution in [-0.2, 0) is 25.7 Å². The Morgan fingerprint density at radius 3 is 2.69 bits per heavy atom. The first kappa shape index (κ1) is 17.7. The van der Waals surface area contributed by atoms with Crippen molar-refractivity contribution in [3.8, 4) is 0 Å². The van der Waals surface area contributed by atoms with Crippen molar-refractivity contribution < 1.29 is 23.5 Å². The normalized spacial score (nSPS) is 16.6. The van der Waals surface area contributed by atoms with Gasteiger partial charge in [-0.1, -0.05) is 18.2 Å². The molecule has 1 aliphatic heterocycles. The summed E-state index contributed by atoms with van der Waals surface area (Å²) in [5, 5.41) is 0. The molecule has 2 heterocycles. The van der Waals surface area contributed by atoms with Crippen LogP contribution in [-0.4, -0.2) is 42.9 Å². The zero-order chi connectivity index (χ0) is 18.5. The number of likely N-dealkylation sites (tertiary alicyclic amines) is 1. The van der Waals surface area contributed by atoms with Gasteiger partial charge >= 0.3 is 5.97 Å². The monoisotopic (exact) mass is 356 g/mol. The number of furan rings is 1. The van der Waals surface area contributed by atoms with E-state index in [9.17, 15) is 14.4 Å². The molecule has 2 amide bonds. The fourth-order valence-corrected chi connectivity index (χ4v) is 2.82. The third-order valence-electron chi connectivity index (χ3n) is 4.33. The van der Waals surface area contributed by atoms with Crippen molar-refractivity contribution >= 4 is 23.5 Å². The molecule has 7 heteroatoms. The molecule has 0 N–H and O–H groups in total. The van der Waals surface area contributed by atoms with E-state index in [2.05, 4.69) is 0 Å². The van der Waals surface area contributed by atoms with Crippen LogP contribution < -0.4 is 4.90 Å². The van der Waals surface area contributed by atoms with Crippen molar-refractivity contribution in [3.63, 3.8) is 0 Å². The zero-order valence-electron chi connectivity index (χ0n) is 14.5. The van der Waals surface area contributed by atoms with E-state index in [-0.39, 0.29) is 31.4 Å². The molecule has 0 saturated carbocycles. The molecule has 0 aliphatic carbocycles.